The number of fused-ring (bicyclic) bond motifs is 1. The van der Waals surface area contributed by atoms with Gasteiger partial charge in [0.2, 0.25) is 0 Å². The molecule has 2 rings (SSSR count). The van der Waals surface area contributed by atoms with Gasteiger partial charge in [0.25, 0.3) is 0 Å². The van der Waals surface area contributed by atoms with Crippen molar-refractivity contribution in [1.82, 2.24) is 9.97 Å². The number of aryl methyl sites for hydroxylation is 1. The van der Waals surface area contributed by atoms with Crippen molar-refractivity contribution in [3.63, 3.8) is 0 Å². The van der Waals surface area contributed by atoms with Crippen molar-refractivity contribution in [2.45, 2.75) is 17.3 Å². The molecule has 0 saturated heterocycles. The largest absolute Gasteiger partial charge is 0.233 e. The van der Waals surface area contributed by atoms with E-state index in [1.807, 2.05) is 13.2 Å². The zero-order chi connectivity index (χ0) is 10.8. The molecule has 1 heterocycles. The zero-order valence-corrected chi connectivity index (χ0v) is 11.0. The summed E-state index contributed by atoms with van der Waals surface area (Å²) in [4.78, 5) is 8.85. The number of hydrogen-bond donors (Lipinski definition) is 0. The molecule has 1 aromatic heterocycles. The van der Waals surface area contributed by atoms with Crippen molar-refractivity contribution in [1.29, 1.82) is 0 Å². The molecule has 0 amide bonds. The second-order valence-corrected chi connectivity index (χ2v) is 4.62. The van der Waals surface area contributed by atoms with Crippen LogP contribution in [-0.4, -0.2) is 16.2 Å². The Morgan fingerprint density at radius 2 is 2.13 bits per heavy atom. The predicted molar refractivity (Wildman–Crippen MR) is 68.7 cm³/mol. The summed E-state index contributed by atoms with van der Waals surface area (Å²) in [7, 11) is 0. The molecule has 78 valence electrons. The molecule has 0 N–H and O–H groups in total. The topological polar surface area (TPSA) is 25.8 Å². The van der Waals surface area contributed by atoms with Gasteiger partial charge in [-0.25, -0.2) is 9.97 Å². The van der Waals surface area contributed by atoms with Gasteiger partial charge in [-0.1, -0.05) is 22.0 Å². The smallest absolute Gasteiger partial charge is 0.127 e. The van der Waals surface area contributed by atoms with Gasteiger partial charge in [0.15, 0.2) is 0 Å². The molecule has 0 fully saturated rings. The average Bonchev–Trinajstić information content (AvgIpc) is 2.27. The third-order valence-corrected chi connectivity index (χ3v) is 3.53. The molecule has 1 aromatic carbocycles. The standard InChI is InChI=1S/C11H11BrN2S/c1-7-13-10-4-3-8(6-12)5-9(10)11(14-7)15-2/h3-5H,6H2,1-2H3. The number of thioether (sulfide) groups is 1. The molecule has 0 spiro atoms. The van der Waals surface area contributed by atoms with Gasteiger partial charge in [0.05, 0.1) is 5.52 Å². The van der Waals surface area contributed by atoms with Gasteiger partial charge in [0, 0.05) is 10.7 Å². The normalized spacial score (nSPS) is 10.9. The van der Waals surface area contributed by atoms with Crippen molar-refractivity contribution in [2.75, 3.05) is 6.26 Å². The zero-order valence-electron chi connectivity index (χ0n) is 8.62. The third-order valence-electron chi connectivity index (χ3n) is 2.18. The van der Waals surface area contributed by atoms with Crippen molar-refractivity contribution in [2.24, 2.45) is 0 Å². The fourth-order valence-corrected chi connectivity index (χ4v) is 2.45. The van der Waals surface area contributed by atoms with Crippen LogP contribution in [0.4, 0.5) is 0 Å². The van der Waals surface area contributed by atoms with Crippen molar-refractivity contribution in [3.8, 4) is 0 Å². The molecule has 0 saturated carbocycles. The first-order chi connectivity index (χ1) is 7.24. The predicted octanol–water partition coefficient (Wildman–Crippen LogP) is 3.56. The van der Waals surface area contributed by atoms with Gasteiger partial charge in [-0.15, -0.1) is 11.8 Å². The minimum absolute atomic E-state index is 0.832. The van der Waals surface area contributed by atoms with E-state index in [2.05, 4.69) is 44.1 Å². The fourth-order valence-electron chi connectivity index (χ4n) is 1.50. The van der Waals surface area contributed by atoms with Crippen LogP contribution in [0.15, 0.2) is 23.2 Å². The molecule has 0 aliphatic rings. The maximum absolute atomic E-state index is 4.43. The lowest BCUT2D eigenvalue weighted by molar-refractivity contribution is 1.01. The minimum Gasteiger partial charge on any atom is -0.233 e. The van der Waals surface area contributed by atoms with E-state index in [0.29, 0.717) is 0 Å². The molecule has 0 unspecified atom stereocenters. The quantitative estimate of drug-likeness (QED) is 0.479. The van der Waals surface area contributed by atoms with Gasteiger partial charge in [-0.05, 0) is 30.9 Å². The first kappa shape index (κ1) is 10.9. The van der Waals surface area contributed by atoms with Gasteiger partial charge in [-0.3, -0.25) is 0 Å². The first-order valence-electron chi connectivity index (χ1n) is 4.62. The van der Waals surface area contributed by atoms with Crippen molar-refractivity contribution < 1.29 is 0 Å². The van der Waals surface area contributed by atoms with E-state index in [-0.39, 0.29) is 0 Å². The van der Waals surface area contributed by atoms with E-state index < -0.39 is 0 Å². The van der Waals surface area contributed by atoms with Crippen molar-refractivity contribution in [3.05, 3.63) is 29.6 Å². The summed E-state index contributed by atoms with van der Waals surface area (Å²) in [5, 5.41) is 3.07. The van der Waals surface area contributed by atoms with E-state index in [4.69, 9.17) is 0 Å². The van der Waals surface area contributed by atoms with Crippen LogP contribution in [0.5, 0.6) is 0 Å². The molecule has 0 bridgehead atoms. The van der Waals surface area contributed by atoms with Crippen LogP contribution in [0, 0.1) is 6.92 Å². The monoisotopic (exact) mass is 282 g/mol. The molecular formula is C11H11BrN2S. The lowest BCUT2D eigenvalue weighted by Crippen LogP contribution is -1.93. The summed E-state index contributed by atoms with van der Waals surface area (Å²) in [5.74, 6) is 0.832. The Hall–Kier alpha value is -0.610. The van der Waals surface area contributed by atoms with Crippen LogP contribution in [0.2, 0.25) is 0 Å². The Morgan fingerprint density at radius 3 is 2.80 bits per heavy atom. The summed E-state index contributed by atoms with van der Waals surface area (Å²) in [6, 6.07) is 6.29. The van der Waals surface area contributed by atoms with Crippen LogP contribution in [0.25, 0.3) is 10.9 Å². The number of hydrogen-bond acceptors (Lipinski definition) is 3. The van der Waals surface area contributed by atoms with Gasteiger partial charge < -0.3 is 0 Å². The molecule has 2 nitrogen and oxygen atoms in total. The highest BCUT2D eigenvalue weighted by molar-refractivity contribution is 9.08. The highest BCUT2D eigenvalue weighted by Crippen LogP contribution is 2.25. The summed E-state index contributed by atoms with van der Waals surface area (Å²) >= 11 is 5.12. The number of alkyl halides is 1. The molecule has 15 heavy (non-hydrogen) atoms. The fraction of sp³-hybridized carbons (Fsp3) is 0.273. The van der Waals surface area contributed by atoms with E-state index in [9.17, 15) is 0 Å². The second kappa shape index (κ2) is 4.49. The maximum atomic E-state index is 4.43. The molecular weight excluding hydrogens is 272 g/mol. The Labute approximate surface area is 102 Å². The number of aromatic nitrogens is 2. The van der Waals surface area contributed by atoms with Crippen molar-refractivity contribution >= 4 is 38.6 Å². The Morgan fingerprint density at radius 1 is 1.33 bits per heavy atom. The highest BCUT2D eigenvalue weighted by Gasteiger charge is 2.05. The third kappa shape index (κ3) is 2.16. The lowest BCUT2D eigenvalue weighted by Gasteiger charge is -2.05. The molecule has 4 heteroatoms. The number of halogens is 1. The highest BCUT2D eigenvalue weighted by atomic mass is 79.9. The van der Waals surface area contributed by atoms with Crippen LogP contribution in [0.3, 0.4) is 0 Å². The number of benzene rings is 1. The average molecular weight is 283 g/mol. The van der Waals surface area contributed by atoms with Crippen LogP contribution in [0.1, 0.15) is 11.4 Å². The lowest BCUT2D eigenvalue weighted by atomic mass is 10.2. The molecule has 0 atom stereocenters. The summed E-state index contributed by atoms with van der Waals surface area (Å²) < 4.78 is 0. The Bertz CT molecular complexity index is 499. The maximum Gasteiger partial charge on any atom is 0.127 e. The summed E-state index contributed by atoms with van der Waals surface area (Å²) in [6.45, 7) is 1.93. The molecule has 0 radical (unpaired) electrons. The Balaban J connectivity index is 2.73. The molecule has 0 aliphatic heterocycles. The summed E-state index contributed by atoms with van der Waals surface area (Å²) in [5.41, 5.74) is 2.28. The van der Waals surface area contributed by atoms with Gasteiger partial charge >= 0.3 is 0 Å². The van der Waals surface area contributed by atoms with Crippen LogP contribution in [-0.2, 0) is 5.33 Å². The minimum atomic E-state index is 0.832. The second-order valence-electron chi connectivity index (χ2n) is 3.27. The SMILES string of the molecule is CSc1nc(C)nc2ccc(CBr)cc12. The summed E-state index contributed by atoms with van der Waals surface area (Å²) in [6.07, 6.45) is 2.04. The van der Waals surface area contributed by atoms with Gasteiger partial charge in [-0.2, -0.15) is 0 Å². The number of nitrogens with zero attached hydrogens (tertiary/aromatic N) is 2. The van der Waals surface area contributed by atoms with E-state index in [0.717, 1.165) is 27.1 Å². The first-order valence-corrected chi connectivity index (χ1v) is 6.96. The van der Waals surface area contributed by atoms with Crippen LogP contribution >= 0.6 is 27.7 Å². The molecule has 2 aromatic rings. The van der Waals surface area contributed by atoms with Gasteiger partial charge in [0.1, 0.15) is 10.9 Å². The van der Waals surface area contributed by atoms with E-state index in [1.54, 1.807) is 11.8 Å². The van der Waals surface area contributed by atoms with Crippen LogP contribution < -0.4 is 0 Å². The van der Waals surface area contributed by atoms with E-state index in [1.165, 1.54) is 5.56 Å². The van der Waals surface area contributed by atoms with E-state index >= 15 is 0 Å². The molecule has 0 aliphatic carbocycles. The Kier molecular flexibility index (Phi) is 3.26. The number of rotatable bonds is 2.